The van der Waals surface area contributed by atoms with Gasteiger partial charge < -0.3 is 0 Å². The zero-order valence-electron chi connectivity index (χ0n) is 8.34. The summed E-state index contributed by atoms with van der Waals surface area (Å²) >= 11 is 9.89. The minimum absolute atomic E-state index is 0.531. The molecule has 0 saturated carbocycles. The molecule has 1 atom stereocenters. The Bertz CT molecular complexity index is 355. The highest BCUT2D eigenvalue weighted by Gasteiger charge is 2.19. The van der Waals surface area contributed by atoms with Crippen molar-refractivity contribution in [3.05, 3.63) is 40.1 Å². The van der Waals surface area contributed by atoms with E-state index in [2.05, 4.69) is 48.6 Å². The quantitative estimate of drug-likeness (QED) is 0.628. The van der Waals surface area contributed by atoms with Gasteiger partial charge in [0, 0.05) is 15.6 Å². The van der Waals surface area contributed by atoms with E-state index >= 15 is 0 Å². The molecule has 0 nitrogen and oxygen atoms in total. The number of thioether (sulfide) groups is 3. The van der Waals surface area contributed by atoms with Crippen molar-refractivity contribution in [1.29, 1.82) is 0 Å². The number of thiol groups is 1. The second-order valence-corrected chi connectivity index (χ2v) is 6.81. The largest absolute Gasteiger partial charge is 0.174 e. The molecule has 80 valence electrons. The summed E-state index contributed by atoms with van der Waals surface area (Å²) in [6.07, 6.45) is 2.11. The summed E-state index contributed by atoms with van der Waals surface area (Å²) in [5, 5.41) is 2.23. The summed E-state index contributed by atoms with van der Waals surface area (Å²) < 4.78 is 0.531. The maximum absolute atomic E-state index is 4.29. The van der Waals surface area contributed by atoms with E-state index in [1.807, 2.05) is 23.5 Å². The number of rotatable bonds is 3. The van der Waals surface area contributed by atoms with Crippen LogP contribution in [0.4, 0.5) is 0 Å². The third kappa shape index (κ3) is 2.93. The third-order valence-electron chi connectivity index (χ3n) is 2.13. The lowest BCUT2D eigenvalue weighted by atomic mass is 10.2. The van der Waals surface area contributed by atoms with Crippen LogP contribution < -0.4 is 0 Å². The van der Waals surface area contributed by atoms with Gasteiger partial charge in [-0.2, -0.15) is 12.6 Å². The van der Waals surface area contributed by atoms with Crippen molar-refractivity contribution in [3.63, 3.8) is 0 Å². The van der Waals surface area contributed by atoms with Gasteiger partial charge in [0.1, 0.15) is 0 Å². The standard InChI is InChI=1S/C11H12S4/c1-13-9-4-2-8(3-5-9)11-14-7-10(6-12)15-11/h2-5,7,11-12H,6H2,1H3. The summed E-state index contributed by atoms with van der Waals surface area (Å²) in [7, 11) is 0. The molecule has 1 heterocycles. The van der Waals surface area contributed by atoms with Gasteiger partial charge in [0.05, 0.1) is 4.58 Å². The molecule has 0 N–H and O–H groups in total. The van der Waals surface area contributed by atoms with E-state index in [1.54, 1.807) is 11.8 Å². The Labute approximate surface area is 109 Å². The molecule has 0 saturated heterocycles. The van der Waals surface area contributed by atoms with Crippen LogP contribution in [-0.2, 0) is 0 Å². The molecule has 0 aliphatic carbocycles. The maximum Gasteiger partial charge on any atom is 0.0837 e. The van der Waals surface area contributed by atoms with Crippen LogP contribution in [0.25, 0.3) is 0 Å². The SMILES string of the molecule is CSc1ccc(C2SC=C(CS)S2)cc1. The van der Waals surface area contributed by atoms with Gasteiger partial charge in [0.25, 0.3) is 0 Å². The lowest BCUT2D eigenvalue weighted by Crippen LogP contribution is -1.85. The van der Waals surface area contributed by atoms with E-state index in [4.69, 9.17) is 0 Å². The first-order chi connectivity index (χ1) is 7.33. The van der Waals surface area contributed by atoms with Crippen molar-refractivity contribution in [2.45, 2.75) is 9.48 Å². The molecule has 1 aromatic rings. The molecule has 2 rings (SSSR count). The van der Waals surface area contributed by atoms with Gasteiger partial charge in [-0.05, 0) is 29.4 Å². The molecule has 0 spiro atoms. The van der Waals surface area contributed by atoms with Gasteiger partial charge in [0.15, 0.2) is 0 Å². The van der Waals surface area contributed by atoms with Crippen LogP contribution in [0.3, 0.4) is 0 Å². The van der Waals surface area contributed by atoms with Crippen LogP contribution in [0.2, 0.25) is 0 Å². The number of hydrogen-bond acceptors (Lipinski definition) is 4. The molecule has 0 fully saturated rings. The van der Waals surface area contributed by atoms with Crippen LogP contribution in [-0.4, -0.2) is 12.0 Å². The van der Waals surface area contributed by atoms with E-state index in [-0.39, 0.29) is 0 Å². The van der Waals surface area contributed by atoms with Gasteiger partial charge in [-0.25, -0.2) is 0 Å². The monoisotopic (exact) mass is 272 g/mol. The fourth-order valence-corrected chi connectivity index (χ4v) is 4.62. The predicted molar refractivity (Wildman–Crippen MR) is 78.1 cm³/mol. The molecule has 1 unspecified atom stereocenters. The lowest BCUT2D eigenvalue weighted by Gasteiger charge is -2.09. The molecule has 1 aromatic carbocycles. The number of hydrogen-bond donors (Lipinski definition) is 1. The Morgan fingerprint density at radius 2 is 2.07 bits per heavy atom. The van der Waals surface area contributed by atoms with E-state index < -0.39 is 0 Å². The van der Waals surface area contributed by atoms with Crippen molar-refractivity contribution in [2.75, 3.05) is 12.0 Å². The van der Waals surface area contributed by atoms with Crippen LogP contribution in [0.1, 0.15) is 10.1 Å². The van der Waals surface area contributed by atoms with Crippen molar-refractivity contribution in [3.8, 4) is 0 Å². The Morgan fingerprint density at radius 1 is 1.33 bits per heavy atom. The molecule has 0 amide bonds. The first-order valence-electron chi connectivity index (χ1n) is 4.59. The second-order valence-electron chi connectivity index (χ2n) is 3.10. The highest BCUT2D eigenvalue weighted by Crippen LogP contribution is 2.50. The molecule has 4 heteroatoms. The first kappa shape index (κ1) is 11.8. The summed E-state index contributed by atoms with van der Waals surface area (Å²) in [6, 6.07) is 8.84. The first-order valence-corrected chi connectivity index (χ1v) is 8.27. The Hall–Kier alpha value is 0.360. The highest BCUT2D eigenvalue weighted by atomic mass is 32.2. The van der Waals surface area contributed by atoms with Crippen molar-refractivity contribution in [2.24, 2.45) is 0 Å². The van der Waals surface area contributed by atoms with Gasteiger partial charge in [-0.15, -0.1) is 35.3 Å². The Kier molecular flexibility index (Phi) is 4.43. The van der Waals surface area contributed by atoms with Crippen molar-refractivity contribution < 1.29 is 0 Å². The third-order valence-corrected chi connectivity index (χ3v) is 6.19. The zero-order valence-corrected chi connectivity index (χ0v) is 11.7. The summed E-state index contributed by atoms with van der Waals surface area (Å²) in [4.78, 5) is 2.71. The Balaban J connectivity index is 2.05. The second kappa shape index (κ2) is 5.62. The van der Waals surface area contributed by atoms with Gasteiger partial charge >= 0.3 is 0 Å². The fraction of sp³-hybridized carbons (Fsp3) is 0.273. The smallest absolute Gasteiger partial charge is 0.0837 e. The molecule has 1 aliphatic heterocycles. The molecule has 1 aliphatic rings. The molecular weight excluding hydrogens is 260 g/mol. The normalized spacial score (nSPS) is 20.4. The van der Waals surface area contributed by atoms with E-state index in [0.29, 0.717) is 4.58 Å². The summed E-state index contributed by atoms with van der Waals surface area (Å²) in [5.74, 6) is 0.858. The maximum atomic E-state index is 4.29. The molecule has 0 bridgehead atoms. The minimum Gasteiger partial charge on any atom is -0.174 e. The van der Waals surface area contributed by atoms with E-state index in [1.165, 1.54) is 15.4 Å². The van der Waals surface area contributed by atoms with Crippen LogP contribution in [0.5, 0.6) is 0 Å². The van der Waals surface area contributed by atoms with Gasteiger partial charge in [-0.1, -0.05) is 12.1 Å². The summed E-state index contributed by atoms with van der Waals surface area (Å²) in [6.45, 7) is 0. The summed E-state index contributed by atoms with van der Waals surface area (Å²) in [5.41, 5.74) is 1.40. The van der Waals surface area contributed by atoms with Crippen molar-refractivity contribution >= 4 is 47.9 Å². The zero-order chi connectivity index (χ0) is 10.7. The van der Waals surface area contributed by atoms with Crippen LogP contribution in [0, 0.1) is 0 Å². The van der Waals surface area contributed by atoms with Gasteiger partial charge in [-0.3, -0.25) is 0 Å². The number of benzene rings is 1. The van der Waals surface area contributed by atoms with Crippen LogP contribution in [0.15, 0.2) is 39.5 Å². The highest BCUT2D eigenvalue weighted by molar-refractivity contribution is 8.22. The minimum atomic E-state index is 0.531. The topological polar surface area (TPSA) is 0 Å². The molecule has 15 heavy (non-hydrogen) atoms. The molecule has 0 aromatic heterocycles. The van der Waals surface area contributed by atoms with Crippen molar-refractivity contribution in [1.82, 2.24) is 0 Å². The predicted octanol–water partition coefficient (Wildman–Crippen LogP) is 4.66. The lowest BCUT2D eigenvalue weighted by molar-refractivity contribution is 1.34. The fourth-order valence-electron chi connectivity index (χ4n) is 1.31. The van der Waals surface area contributed by atoms with E-state index in [0.717, 1.165) is 5.75 Å². The van der Waals surface area contributed by atoms with Crippen LogP contribution >= 0.6 is 47.9 Å². The van der Waals surface area contributed by atoms with Gasteiger partial charge in [0.2, 0.25) is 0 Å². The molecule has 0 radical (unpaired) electrons. The average molecular weight is 272 g/mol. The Morgan fingerprint density at radius 3 is 2.60 bits per heavy atom. The van der Waals surface area contributed by atoms with E-state index in [9.17, 15) is 0 Å². The molecular formula is C11H12S4. The average Bonchev–Trinajstić information content (AvgIpc) is 2.78.